The molecule has 2 amide bonds. The highest BCUT2D eigenvalue weighted by Gasteiger charge is 2.20. The van der Waals surface area contributed by atoms with Crippen LogP contribution < -0.4 is 16.1 Å². The number of hydrogen-bond donors (Lipinski definition) is 3. The summed E-state index contributed by atoms with van der Waals surface area (Å²) in [5.74, 6) is -1.39. The van der Waals surface area contributed by atoms with Gasteiger partial charge in [0.1, 0.15) is 11.6 Å². The summed E-state index contributed by atoms with van der Waals surface area (Å²) in [5, 5.41) is 16.0. The third-order valence-corrected chi connectivity index (χ3v) is 5.49. The molecule has 4 aromatic rings. The molecule has 0 spiro atoms. The molecule has 176 valence electrons. The van der Waals surface area contributed by atoms with E-state index in [1.54, 1.807) is 54.3 Å². The molecule has 8 nitrogen and oxygen atoms in total. The van der Waals surface area contributed by atoms with E-state index in [-0.39, 0.29) is 38.8 Å². The number of rotatable bonds is 5. The standard InChI is InChI=1S/C25H18Cl2N4O4/c1-31-9-8-20(32)19(13-31)14-2-4-15(5-3-14)24(34)30-23-18(10-17(27)11-21(23)33)25(35)29-22-7-6-16(26)12-28-22/h2-13,33H,1H3,(H,30,34)(H,28,29,35). The lowest BCUT2D eigenvalue weighted by Gasteiger charge is -2.14. The summed E-state index contributed by atoms with van der Waals surface area (Å²) in [7, 11) is 1.81. The number of nitrogens with zero attached hydrogens (tertiary/aromatic N) is 2. The molecular formula is C25H18Cl2N4O4. The number of pyridine rings is 2. The van der Waals surface area contributed by atoms with Crippen LogP contribution in [0.3, 0.4) is 0 Å². The van der Waals surface area contributed by atoms with E-state index in [9.17, 15) is 19.5 Å². The second kappa shape index (κ2) is 10.0. The molecule has 0 saturated carbocycles. The zero-order chi connectivity index (χ0) is 25.1. The Balaban J connectivity index is 1.59. The molecule has 4 rings (SSSR count). The van der Waals surface area contributed by atoms with Crippen LogP contribution in [-0.2, 0) is 7.05 Å². The fourth-order valence-electron chi connectivity index (χ4n) is 3.33. The molecule has 0 aliphatic carbocycles. The lowest BCUT2D eigenvalue weighted by Crippen LogP contribution is -2.19. The summed E-state index contributed by atoms with van der Waals surface area (Å²) in [6.07, 6.45) is 4.72. The summed E-state index contributed by atoms with van der Waals surface area (Å²) >= 11 is 11.8. The van der Waals surface area contributed by atoms with Gasteiger partial charge in [0, 0.05) is 53.9 Å². The van der Waals surface area contributed by atoms with Crippen molar-refractivity contribution in [2.75, 3.05) is 10.6 Å². The number of amides is 2. The van der Waals surface area contributed by atoms with Crippen molar-refractivity contribution in [2.24, 2.45) is 7.05 Å². The summed E-state index contributed by atoms with van der Waals surface area (Å²) in [6, 6.07) is 13.4. The Morgan fingerprint density at radius 1 is 0.943 bits per heavy atom. The minimum atomic E-state index is -0.650. The van der Waals surface area contributed by atoms with Crippen molar-refractivity contribution in [3.8, 4) is 16.9 Å². The largest absolute Gasteiger partial charge is 0.506 e. The van der Waals surface area contributed by atoms with E-state index < -0.39 is 11.8 Å². The van der Waals surface area contributed by atoms with E-state index >= 15 is 0 Å². The van der Waals surface area contributed by atoms with Gasteiger partial charge in [-0.25, -0.2) is 4.98 Å². The lowest BCUT2D eigenvalue weighted by molar-refractivity contribution is 0.102. The van der Waals surface area contributed by atoms with Crippen LogP contribution in [0.25, 0.3) is 11.1 Å². The second-order valence-corrected chi connectivity index (χ2v) is 8.46. The maximum Gasteiger partial charge on any atom is 0.259 e. The summed E-state index contributed by atoms with van der Waals surface area (Å²) in [5.41, 5.74) is 1.06. The van der Waals surface area contributed by atoms with Crippen LogP contribution in [0, 0.1) is 0 Å². The Morgan fingerprint density at radius 3 is 2.37 bits per heavy atom. The van der Waals surface area contributed by atoms with Crippen molar-refractivity contribution in [1.82, 2.24) is 9.55 Å². The van der Waals surface area contributed by atoms with E-state index in [4.69, 9.17) is 23.2 Å². The predicted molar refractivity (Wildman–Crippen MR) is 135 cm³/mol. The summed E-state index contributed by atoms with van der Waals surface area (Å²) < 4.78 is 1.76. The number of halogens is 2. The average Bonchev–Trinajstić information content (AvgIpc) is 2.83. The van der Waals surface area contributed by atoms with Crippen LogP contribution >= 0.6 is 23.2 Å². The van der Waals surface area contributed by atoms with Gasteiger partial charge in [-0.05, 0) is 35.9 Å². The number of carbonyl (C=O) groups excluding carboxylic acids is 2. The number of phenolic OH excluding ortho intramolecular Hbond substituents is 1. The molecule has 3 N–H and O–H groups in total. The zero-order valence-corrected chi connectivity index (χ0v) is 19.8. The molecule has 0 radical (unpaired) electrons. The first-order chi connectivity index (χ1) is 16.7. The number of carbonyl (C=O) groups is 2. The molecule has 0 atom stereocenters. The summed E-state index contributed by atoms with van der Waals surface area (Å²) in [6.45, 7) is 0. The van der Waals surface area contributed by atoms with Crippen LogP contribution in [0.5, 0.6) is 5.75 Å². The van der Waals surface area contributed by atoms with Gasteiger partial charge in [0.15, 0.2) is 5.43 Å². The Bertz CT molecular complexity index is 1480. The van der Waals surface area contributed by atoms with Gasteiger partial charge in [0.05, 0.1) is 16.3 Å². The average molecular weight is 509 g/mol. The Hall–Kier alpha value is -4.14. The smallest absolute Gasteiger partial charge is 0.259 e. The molecule has 2 aromatic heterocycles. The van der Waals surface area contributed by atoms with E-state index in [0.29, 0.717) is 16.1 Å². The van der Waals surface area contributed by atoms with Crippen molar-refractivity contribution < 1.29 is 14.7 Å². The van der Waals surface area contributed by atoms with E-state index in [2.05, 4.69) is 15.6 Å². The van der Waals surface area contributed by atoms with Gasteiger partial charge in [-0.2, -0.15) is 0 Å². The third kappa shape index (κ3) is 5.51. The highest BCUT2D eigenvalue weighted by atomic mass is 35.5. The monoisotopic (exact) mass is 508 g/mol. The summed E-state index contributed by atoms with van der Waals surface area (Å²) in [4.78, 5) is 41.9. The van der Waals surface area contributed by atoms with Gasteiger partial charge in [-0.15, -0.1) is 0 Å². The number of nitrogens with one attached hydrogen (secondary N) is 2. The van der Waals surface area contributed by atoms with Gasteiger partial charge >= 0.3 is 0 Å². The number of phenols is 1. The lowest BCUT2D eigenvalue weighted by atomic mass is 10.0. The number of hydrogen-bond acceptors (Lipinski definition) is 5. The molecule has 10 heteroatoms. The highest BCUT2D eigenvalue weighted by Crippen LogP contribution is 2.32. The second-order valence-electron chi connectivity index (χ2n) is 7.58. The number of anilines is 2. The Kier molecular flexibility index (Phi) is 6.86. The van der Waals surface area contributed by atoms with E-state index in [1.165, 1.54) is 30.5 Å². The van der Waals surface area contributed by atoms with Crippen LogP contribution in [0.15, 0.2) is 78.0 Å². The first-order valence-electron chi connectivity index (χ1n) is 10.2. The third-order valence-electron chi connectivity index (χ3n) is 5.05. The highest BCUT2D eigenvalue weighted by molar-refractivity contribution is 6.32. The quantitative estimate of drug-likeness (QED) is 0.329. The minimum absolute atomic E-state index is 0.0653. The van der Waals surface area contributed by atoms with E-state index in [0.717, 1.165) is 0 Å². The number of benzene rings is 2. The maximum absolute atomic E-state index is 12.9. The number of aromatic hydroxyl groups is 1. The normalized spacial score (nSPS) is 10.6. The molecule has 0 unspecified atom stereocenters. The van der Waals surface area contributed by atoms with Crippen molar-refractivity contribution in [1.29, 1.82) is 0 Å². The number of aromatic nitrogens is 2. The molecule has 0 aliphatic rings. The topological polar surface area (TPSA) is 113 Å². The minimum Gasteiger partial charge on any atom is -0.506 e. The van der Waals surface area contributed by atoms with Crippen LogP contribution in [0.1, 0.15) is 20.7 Å². The fourth-order valence-corrected chi connectivity index (χ4v) is 3.65. The van der Waals surface area contributed by atoms with Gasteiger partial charge in [0.2, 0.25) is 0 Å². The molecule has 2 heterocycles. The molecule has 2 aromatic carbocycles. The predicted octanol–water partition coefficient (Wildman–Crippen LogP) is 4.96. The van der Waals surface area contributed by atoms with Crippen molar-refractivity contribution >= 4 is 46.5 Å². The Labute approximate surface area is 209 Å². The van der Waals surface area contributed by atoms with Gasteiger partial charge < -0.3 is 20.3 Å². The van der Waals surface area contributed by atoms with Crippen LogP contribution in [-0.4, -0.2) is 26.5 Å². The molecular weight excluding hydrogens is 491 g/mol. The van der Waals surface area contributed by atoms with Crippen molar-refractivity contribution in [3.05, 3.63) is 105 Å². The molecule has 0 saturated heterocycles. The molecule has 35 heavy (non-hydrogen) atoms. The first-order valence-corrected chi connectivity index (χ1v) is 11.0. The fraction of sp³-hybridized carbons (Fsp3) is 0.0400. The van der Waals surface area contributed by atoms with E-state index in [1.807, 2.05) is 0 Å². The number of aryl methyl sites for hydroxylation is 1. The zero-order valence-electron chi connectivity index (χ0n) is 18.3. The van der Waals surface area contributed by atoms with Crippen molar-refractivity contribution in [2.45, 2.75) is 0 Å². The Morgan fingerprint density at radius 2 is 1.69 bits per heavy atom. The van der Waals surface area contributed by atoms with Crippen LogP contribution in [0.2, 0.25) is 10.0 Å². The van der Waals surface area contributed by atoms with Gasteiger partial charge in [0.25, 0.3) is 11.8 Å². The van der Waals surface area contributed by atoms with Gasteiger partial charge in [-0.1, -0.05) is 35.3 Å². The molecule has 0 aliphatic heterocycles. The maximum atomic E-state index is 12.9. The van der Waals surface area contributed by atoms with Crippen LogP contribution in [0.4, 0.5) is 11.5 Å². The SMILES string of the molecule is Cn1ccc(=O)c(-c2ccc(C(=O)Nc3c(O)cc(Cl)cc3C(=O)Nc3ccc(Cl)cn3)cc2)c1. The van der Waals surface area contributed by atoms with Gasteiger partial charge in [-0.3, -0.25) is 14.4 Å². The molecule has 0 bridgehead atoms. The molecule has 0 fully saturated rings. The first kappa shape index (κ1) is 24.0. The van der Waals surface area contributed by atoms with Crippen molar-refractivity contribution in [3.63, 3.8) is 0 Å².